The highest BCUT2D eigenvalue weighted by molar-refractivity contribution is 6.45. The normalized spacial score (nSPS) is 14.4. The zero-order chi connectivity index (χ0) is 21.9. The summed E-state index contributed by atoms with van der Waals surface area (Å²) in [6.07, 6.45) is 4.51. The molecule has 31 heavy (non-hydrogen) atoms. The predicted octanol–water partition coefficient (Wildman–Crippen LogP) is 4.89. The van der Waals surface area contributed by atoms with Gasteiger partial charge in [-0.25, -0.2) is 4.79 Å². The van der Waals surface area contributed by atoms with Gasteiger partial charge in [-0.3, -0.25) is 4.79 Å². The molecule has 0 aliphatic carbocycles. The molecule has 1 heterocycles. The Morgan fingerprint density at radius 3 is 2.32 bits per heavy atom. The maximum Gasteiger partial charge on any atom is 0.365 e. The molecule has 0 aromatic heterocycles. The smallest absolute Gasteiger partial charge is 0.365 e. The van der Waals surface area contributed by atoms with E-state index in [0.29, 0.717) is 30.8 Å². The zero-order valence-electron chi connectivity index (χ0n) is 18.1. The zero-order valence-corrected chi connectivity index (χ0v) is 18.1. The summed E-state index contributed by atoms with van der Waals surface area (Å²) in [5.74, 6) is -0.770. The number of rotatable bonds is 10. The molecule has 1 fully saturated rings. The van der Waals surface area contributed by atoms with Gasteiger partial charge in [0.1, 0.15) is 5.71 Å². The number of hydrogen-bond donors (Lipinski definition) is 0. The fraction of sp³-hybridized carbons (Fsp3) is 0.400. The van der Waals surface area contributed by atoms with Crippen molar-refractivity contribution in [1.29, 1.82) is 0 Å². The molecule has 1 aliphatic heterocycles. The van der Waals surface area contributed by atoms with Gasteiger partial charge in [0.05, 0.1) is 18.8 Å². The van der Waals surface area contributed by atoms with Gasteiger partial charge >= 0.3 is 5.97 Å². The first-order valence-electron chi connectivity index (χ1n) is 11.0. The monoisotopic (exact) mass is 422 g/mol. The second-order valence-corrected chi connectivity index (χ2v) is 7.57. The molecule has 6 heteroatoms. The van der Waals surface area contributed by atoms with Crippen molar-refractivity contribution < 1.29 is 19.2 Å². The number of oxime groups is 1. The van der Waals surface area contributed by atoms with Gasteiger partial charge in [0.2, 0.25) is 5.78 Å². The number of carbonyl (C=O) groups excluding carboxylic acids is 2. The van der Waals surface area contributed by atoms with E-state index in [4.69, 9.17) is 9.57 Å². The first kappa shape index (κ1) is 22.7. The van der Waals surface area contributed by atoms with Crippen LogP contribution in [0.5, 0.6) is 0 Å². The van der Waals surface area contributed by atoms with Crippen molar-refractivity contribution in [3.05, 3.63) is 65.7 Å². The van der Waals surface area contributed by atoms with Gasteiger partial charge in [-0.05, 0) is 49.2 Å². The minimum absolute atomic E-state index is 0.203. The Kier molecular flexibility index (Phi) is 8.79. The van der Waals surface area contributed by atoms with Crippen molar-refractivity contribution >= 4 is 23.2 Å². The fourth-order valence-corrected chi connectivity index (χ4v) is 3.46. The average molecular weight is 423 g/mol. The molecule has 1 saturated heterocycles. The van der Waals surface area contributed by atoms with Crippen molar-refractivity contribution in [3.63, 3.8) is 0 Å². The Labute approximate surface area is 183 Å². The number of ketones is 1. The fourth-order valence-electron chi connectivity index (χ4n) is 3.46. The molecular formula is C25H30N2O4. The first-order chi connectivity index (χ1) is 15.2. The number of ether oxygens (including phenoxy) is 1. The maximum atomic E-state index is 13.1. The topological polar surface area (TPSA) is 68.2 Å². The second kappa shape index (κ2) is 12.0. The lowest BCUT2D eigenvalue weighted by molar-refractivity contribution is 0.0514. The second-order valence-electron chi connectivity index (χ2n) is 7.57. The molecule has 3 rings (SSSR count). The van der Waals surface area contributed by atoms with Crippen LogP contribution in [-0.4, -0.2) is 43.8 Å². The van der Waals surface area contributed by atoms with Gasteiger partial charge in [0.25, 0.3) is 0 Å². The SMILES string of the molecule is CCCCCC/C(=N\OC(=O)c1ccccc1)C(=O)c1ccc(N2CCOCC2)cc1. The molecule has 0 radical (unpaired) electrons. The lowest BCUT2D eigenvalue weighted by Crippen LogP contribution is -2.36. The van der Waals surface area contributed by atoms with Gasteiger partial charge in [0.15, 0.2) is 0 Å². The Balaban J connectivity index is 1.70. The number of morpholine rings is 1. The largest absolute Gasteiger partial charge is 0.378 e. The number of unbranched alkanes of at least 4 members (excludes halogenated alkanes) is 3. The van der Waals surface area contributed by atoms with Crippen molar-refractivity contribution in [2.45, 2.75) is 39.0 Å². The van der Waals surface area contributed by atoms with E-state index >= 15 is 0 Å². The van der Waals surface area contributed by atoms with E-state index in [1.165, 1.54) is 0 Å². The molecule has 0 amide bonds. The van der Waals surface area contributed by atoms with E-state index in [2.05, 4.69) is 17.0 Å². The quantitative estimate of drug-likeness (QED) is 0.179. The predicted molar refractivity (Wildman–Crippen MR) is 122 cm³/mol. The standard InChI is InChI=1S/C25H30N2O4/c1-2-3-4-8-11-23(26-31-25(29)21-9-6-5-7-10-21)24(28)20-12-14-22(15-13-20)27-16-18-30-19-17-27/h5-7,9-10,12-15H,2-4,8,11,16-19H2,1H3/b26-23+. The van der Waals surface area contributed by atoms with Gasteiger partial charge in [-0.15, -0.1) is 0 Å². The molecule has 0 unspecified atom stereocenters. The number of benzene rings is 2. The Morgan fingerprint density at radius 1 is 0.935 bits per heavy atom. The highest BCUT2D eigenvalue weighted by Crippen LogP contribution is 2.18. The summed E-state index contributed by atoms with van der Waals surface area (Å²) in [5, 5.41) is 3.98. The summed E-state index contributed by atoms with van der Waals surface area (Å²) in [4.78, 5) is 32.7. The van der Waals surface area contributed by atoms with Crippen LogP contribution in [0.15, 0.2) is 59.8 Å². The first-order valence-corrected chi connectivity index (χ1v) is 11.0. The molecular weight excluding hydrogens is 392 g/mol. The van der Waals surface area contributed by atoms with E-state index in [-0.39, 0.29) is 11.5 Å². The number of nitrogens with zero attached hydrogens (tertiary/aromatic N) is 2. The van der Waals surface area contributed by atoms with Crippen LogP contribution in [0.4, 0.5) is 5.69 Å². The summed E-state index contributed by atoms with van der Waals surface area (Å²) in [5.41, 5.74) is 2.29. The summed E-state index contributed by atoms with van der Waals surface area (Å²) < 4.78 is 5.39. The van der Waals surface area contributed by atoms with Crippen LogP contribution in [0.2, 0.25) is 0 Å². The molecule has 6 nitrogen and oxygen atoms in total. The van der Waals surface area contributed by atoms with E-state index in [9.17, 15) is 9.59 Å². The number of Topliss-reactive ketones (excluding diaryl/α,β-unsaturated/α-hetero) is 1. The maximum absolute atomic E-state index is 13.1. The highest BCUT2D eigenvalue weighted by atomic mass is 16.7. The van der Waals surface area contributed by atoms with Crippen molar-refractivity contribution in [2.75, 3.05) is 31.2 Å². The van der Waals surface area contributed by atoms with Crippen molar-refractivity contribution in [3.8, 4) is 0 Å². The summed E-state index contributed by atoms with van der Waals surface area (Å²) in [6, 6.07) is 16.2. The van der Waals surface area contributed by atoms with Crippen molar-refractivity contribution in [1.82, 2.24) is 0 Å². The molecule has 2 aromatic rings. The van der Waals surface area contributed by atoms with E-state index in [0.717, 1.165) is 44.5 Å². The Morgan fingerprint density at radius 2 is 1.65 bits per heavy atom. The summed E-state index contributed by atoms with van der Waals surface area (Å²) in [6.45, 7) is 5.24. The third kappa shape index (κ3) is 6.76. The Bertz CT molecular complexity index is 872. The third-order valence-corrected chi connectivity index (χ3v) is 5.28. The average Bonchev–Trinajstić information content (AvgIpc) is 2.84. The number of carbonyl (C=O) groups is 2. The molecule has 0 N–H and O–H groups in total. The van der Waals surface area contributed by atoms with E-state index in [1.807, 2.05) is 30.3 Å². The van der Waals surface area contributed by atoms with Gasteiger partial charge in [-0.2, -0.15) is 0 Å². The lowest BCUT2D eigenvalue weighted by Gasteiger charge is -2.28. The van der Waals surface area contributed by atoms with Gasteiger partial charge in [0, 0.05) is 24.3 Å². The minimum Gasteiger partial charge on any atom is -0.378 e. The van der Waals surface area contributed by atoms with Crippen LogP contribution < -0.4 is 4.90 Å². The third-order valence-electron chi connectivity index (χ3n) is 5.28. The van der Waals surface area contributed by atoms with Crippen molar-refractivity contribution in [2.24, 2.45) is 5.16 Å². The Hall–Kier alpha value is -2.99. The van der Waals surface area contributed by atoms with Crippen LogP contribution in [0.3, 0.4) is 0 Å². The van der Waals surface area contributed by atoms with Crippen LogP contribution in [-0.2, 0) is 9.57 Å². The molecule has 0 bridgehead atoms. The number of anilines is 1. The van der Waals surface area contributed by atoms with Crippen LogP contribution in [0.25, 0.3) is 0 Å². The van der Waals surface area contributed by atoms with Crippen LogP contribution in [0.1, 0.15) is 59.7 Å². The minimum atomic E-state index is -0.567. The summed E-state index contributed by atoms with van der Waals surface area (Å²) >= 11 is 0. The molecule has 0 spiro atoms. The van der Waals surface area contributed by atoms with Gasteiger partial charge in [-0.1, -0.05) is 49.5 Å². The number of hydrogen-bond acceptors (Lipinski definition) is 6. The van der Waals surface area contributed by atoms with Crippen LogP contribution >= 0.6 is 0 Å². The van der Waals surface area contributed by atoms with E-state index in [1.54, 1.807) is 24.3 Å². The molecule has 0 atom stereocenters. The molecule has 2 aromatic carbocycles. The lowest BCUT2D eigenvalue weighted by atomic mass is 10.0. The highest BCUT2D eigenvalue weighted by Gasteiger charge is 2.18. The molecule has 0 saturated carbocycles. The molecule has 164 valence electrons. The summed E-state index contributed by atoms with van der Waals surface area (Å²) in [7, 11) is 0. The molecule has 1 aliphatic rings. The van der Waals surface area contributed by atoms with E-state index < -0.39 is 5.97 Å². The van der Waals surface area contributed by atoms with Gasteiger partial charge < -0.3 is 14.5 Å². The van der Waals surface area contributed by atoms with Crippen LogP contribution in [0, 0.1) is 0 Å².